The number of carbonyl (C=O) groups is 1. The predicted octanol–water partition coefficient (Wildman–Crippen LogP) is 2.92. The quantitative estimate of drug-likeness (QED) is 0.838. The molecule has 4 nitrogen and oxygen atoms in total. The average molecular weight is 270 g/mol. The Morgan fingerprint density at radius 3 is 2.60 bits per heavy atom. The van der Waals surface area contributed by atoms with Gasteiger partial charge in [-0.05, 0) is 18.4 Å². The Bertz CT molecular complexity index is 612. The third kappa shape index (κ3) is 2.26. The summed E-state index contributed by atoms with van der Waals surface area (Å²) in [5.41, 5.74) is 1.13. The van der Waals surface area contributed by atoms with Crippen LogP contribution in [0.1, 0.15) is 44.0 Å². The molecule has 0 saturated heterocycles. The van der Waals surface area contributed by atoms with Gasteiger partial charge in [-0.1, -0.05) is 49.3 Å². The lowest BCUT2D eigenvalue weighted by Crippen LogP contribution is -2.12. The smallest absolute Gasteiger partial charge is 0.234 e. The van der Waals surface area contributed by atoms with Crippen LogP contribution in [0.5, 0.6) is 0 Å². The molecule has 0 unspecified atom stereocenters. The Labute approximate surface area is 118 Å². The Hall–Kier alpha value is -1.97. The van der Waals surface area contributed by atoms with E-state index in [9.17, 15) is 4.79 Å². The largest absolute Gasteiger partial charge is 0.339 e. The number of benzene rings is 1. The molecule has 3 rings (SSSR count). The van der Waals surface area contributed by atoms with Gasteiger partial charge in [0.2, 0.25) is 5.89 Å². The van der Waals surface area contributed by atoms with Gasteiger partial charge in [0.05, 0.1) is 11.8 Å². The highest BCUT2D eigenvalue weighted by atomic mass is 16.5. The van der Waals surface area contributed by atoms with Gasteiger partial charge in [-0.2, -0.15) is 4.98 Å². The van der Waals surface area contributed by atoms with Crippen molar-refractivity contribution in [3.8, 4) is 0 Å². The molecule has 0 atom stereocenters. The molecule has 4 heteroatoms. The van der Waals surface area contributed by atoms with E-state index in [0.29, 0.717) is 5.89 Å². The summed E-state index contributed by atoms with van der Waals surface area (Å²) in [6.45, 7) is 3.76. The summed E-state index contributed by atoms with van der Waals surface area (Å²) < 4.78 is 5.25. The van der Waals surface area contributed by atoms with Crippen molar-refractivity contribution in [1.82, 2.24) is 10.1 Å². The molecular formula is C16H18N2O2. The molecule has 0 bridgehead atoms. The van der Waals surface area contributed by atoms with Crippen molar-refractivity contribution in [2.45, 2.75) is 38.5 Å². The van der Waals surface area contributed by atoms with Crippen LogP contribution in [0, 0.1) is 5.92 Å². The van der Waals surface area contributed by atoms with Crippen LogP contribution in [0.15, 0.2) is 34.9 Å². The van der Waals surface area contributed by atoms with Gasteiger partial charge in [-0.25, -0.2) is 0 Å². The van der Waals surface area contributed by atoms with Crippen LogP contribution >= 0.6 is 0 Å². The normalized spacial score (nSPS) is 16.4. The lowest BCUT2D eigenvalue weighted by Gasteiger charge is -2.10. The number of aromatic nitrogens is 2. The molecule has 20 heavy (non-hydrogen) atoms. The molecule has 0 amide bonds. The Morgan fingerprint density at radius 2 is 2.00 bits per heavy atom. The summed E-state index contributed by atoms with van der Waals surface area (Å²) in [5, 5.41) is 4.10. The van der Waals surface area contributed by atoms with Gasteiger partial charge < -0.3 is 4.52 Å². The fraction of sp³-hybridized carbons (Fsp3) is 0.438. The third-order valence-electron chi connectivity index (χ3n) is 3.94. The average Bonchev–Trinajstić information content (AvgIpc) is 3.14. The molecule has 1 fully saturated rings. The second kappa shape index (κ2) is 4.85. The predicted molar refractivity (Wildman–Crippen MR) is 74.3 cm³/mol. The zero-order chi connectivity index (χ0) is 14.2. The van der Waals surface area contributed by atoms with E-state index in [-0.39, 0.29) is 23.5 Å². The van der Waals surface area contributed by atoms with Crippen molar-refractivity contribution in [2.24, 2.45) is 5.92 Å². The van der Waals surface area contributed by atoms with Gasteiger partial charge in [0.15, 0.2) is 5.82 Å². The van der Waals surface area contributed by atoms with Crippen LogP contribution in [0.4, 0.5) is 0 Å². The first kappa shape index (κ1) is 13.0. The minimum Gasteiger partial charge on any atom is -0.339 e. The summed E-state index contributed by atoms with van der Waals surface area (Å²) in [7, 11) is 0. The third-order valence-corrected chi connectivity index (χ3v) is 3.94. The van der Waals surface area contributed by atoms with E-state index >= 15 is 0 Å². The Morgan fingerprint density at radius 1 is 1.30 bits per heavy atom. The highest BCUT2D eigenvalue weighted by Crippen LogP contribution is 2.52. The molecule has 1 aliphatic carbocycles. The number of rotatable bonds is 5. The van der Waals surface area contributed by atoms with Crippen molar-refractivity contribution >= 4 is 5.78 Å². The molecule has 0 radical (unpaired) electrons. The highest BCUT2D eigenvalue weighted by Gasteiger charge is 2.49. The van der Waals surface area contributed by atoms with Gasteiger partial charge in [0, 0.05) is 5.92 Å². The van der Waals surface area contributed by atoms with Gasteiger partial charge in [-0.3, -0.25) is 4.79 Å². The van der Waals surface area contributed by atoms with Crippen molar-refractivity contribution in [3.63, 3.8) is 0 Å². The molecule has 104 valence electrons. The fourth-order valence-corrected chi connectivity index (χ4v) is 2.40. The molecule has 1 aromatic heterocycles. The van der Waals surface area contributed by atoms with Crippen molar-refractivity contribution in [1.29, 1.82) is 0 Å². The van der Waals surface area contributed by atoms with Crippen LogP contribution in [0.3, 0.4) is 0 Å². The molecule has 2 aromatic rings. The summed E-state index contributed by atoms with van der Waals surface area (Å²) >= 11 is 0. The Balaban J connectivity index is 1.82. The standard InChI is InChI=1S/C16H18N2O2/c1-11(2)13(19)10-14-17-15(18-20-14)16(8-9-16)12-6-4-3-5-7-12/h3-7,11H,8-10H2,1-2H3. The first-order chi connectivity index (χ1) is 9.62. The summed E-state index contributed by atoms with van der Waals surface area (Å²) in [5.74, 6) is 1.27. The van der Waals surface area contributed by atoms with Crippen molar-refractivity contribution in [2.75, 3.05) is 0 Å². The SMILES string of the molecule is CC(C)C(=O)Cc1nc(C2(c3ccccc3)CC2)no1. The number of ketones is 1. The van der Waals surface area contributed by atoms with Crippen molar-refractivity contribution < 1.29 is 9.32 Å². The lowest BCUT2D eigenvalue weighted by molar-refractivity contribution is -0.121. The first-order valence-electron chi connectivity index (χ1n) is 7.03. The monoisotopic (exact) mass is 270 g/mol. The summed E-state index contributed by atoms with van der Waals surface area (Å²) in [6, 6.07) is 10.3. The van der Waals surface area contributed by atoms with Crippen LogP contribution < -0.4 is 0 Å². The molecule has 1 saturated carbocycles. The summed E-state index contributed by atoms with van der Waals surface area (Å²) in [6.07, 6.45) is 2.30. The maximum Gasteiger partial charge on any atom is 0.234 e. The number of hydrogen-bond donors (Lipinski definition) is 0. The zero-order valence-electron chi connectivity index (χ0n) is 11.8. The molecule has 1 aromatic carbocycles. The molecule has 0 spiro atoms. The molecule has 1 heterocycles. The zero-order valence-corrected chi connectivity index (χ0v) is 11.8. The van der Waals surface area contributed by atoms with E-state index in [0.717, 1.165) is 18.7 Å². The number of Topliss-reactive ketones (excluding diaryl/α,β-unsaturated/α-hetero) is 1. The van der Waals surface area contributed by atoms with E-state index < -0.39 is 0 Å². The van der Waals surface area contributed by atoms with Crippen LogP contribution in [0.25, 0.3) is 0 Å². The Kier molecular flexibility index (Phi) is 3.16. The number of hydrogen-bond acceptors (Lipinski definition) is 4. The van der Waals surface area contributed by atoms with E-state index in [1.807, 2.05) is 32.0 Å². The molecule has 0 N–H and O–H groups in total. The van der Waals surface area contributed by atoms with Crippen molar-refractivity contribution in [3.05, 3.63) is 47.6 Å². The van der Waals surface area contributed by atoms with Crippen LogP contribution in [-0.4, -0.2) is 15.9 Å². The molecule has 1 aliphatic rings. The second-order valence-corrected chi connectivity index (χ2v) is 5.76. The topological polar surface area (TPSA) is 56.0 Å². The minimum atomic E-state index is -0.0934. The highest BCUT2D eigenvalue weighted by molar-refractivity contribution is 5.81. The van der Waals surface area contributed by atoms with E-state index in [1.54, 1.807) is 0 Å². The molecular weight excluding hydrogens is 252 g/mol. The minimum absolute atomic E-state index is 0.00522. The van der Waals surface area contributed by atoms with Gasteiger partial charge in [-0.15, -0.1) is 0 Å². The summed E-state index contributed by atoms with van der Waals surface area (Å²) in [4.78, 5) is 16.2. The first-order valence-corrected chi connectivity index (χ1v) is 7.03. The second-order valence-electron chi connectivity index (χ2n) is 5.76. The lowest BCUT2D eigenvalue weighted by atomic mass is 9.95. The molecule has 0 aliphatic heterocycles. The van der Waals surface area contributed by atoms with Gasteiger partial charge >= 0.3 is 0 Å². The van der Waals surface area contributed by atoms with Gasteiger partial charge in [0.25, 0.3) is 0 Å². The number of nitrogens with zero attached hydrogens (tertiary/aromatic N) is 2. The maximum absolute atomic E-state index is 11.7. The van der Waals surface area contributed by atoms with Crippen LogP contribution in [0.2, 0.25) is 0 Å². The number of carbonyl (C=O) groups excluding carboxylic acids is 1. The maximum atomic E-state index is 11.7. The fourth-order valence-electron chi connectivity index (χ4n) is 2.40. The van der Waals surface area contributed by atoms with E-state index in [2.05, 4.69) is 22.3 Å². The van der Waals surface area contributed by atoms with E-state index in [4.69, 9.17) is 4.52 Å². The van der Waals surface area contributed by atoms with Crippen LogP contribution in [-0.2, 0) is 16.6 Å². The van der Waals surface area contributed by atoms with E-state index in [1.165, 1.54) is 5.56 Å². The van der Waals surface area contributed by atoms with Gasteiger partial charge in [0.1, 0.15) is 5.78 Å².